The van der Waals surface area contributed by atoms with E-state index in [1.165, 1.54) is 6.07 Å². The summed E-state index contributed by atoms with van der Waals surface area (Å²) in [5.41, 5.74) is 0.334. The van der Waals surface area contributed by atoms with Crippen LogP contribution in [0.3, 0.4) is 0 Å². The molecule has 1 rings (SSSR count). The summed E-state index contributed by atoms with van der Waals surface area (Å²) in [5, 5.41) is 11.3. The molecule has 1 aromatic carbocycles. The summed E-state index contributed by atoms with van der Waals surface area (Å²) in [6.07, 6.45) is -7.12. The molecule has 0 bridgehead atoms. The highest BCUT2D eigenvalue weighted by Gasteiger charge is 2.37. The van der Waals surface area contributed by atoms with Gasteiger partial charge in [0.25, 0.3) is 0 Å². The van der Waals surface area contributed by atoms with Crippen molar-refractivity contribution >= 4 is 11.6 Å². The molecule has 1 aromatic rings. The highest BCUT2D eigenvalue weighted by Crippen LogP contribution is 2.20. The largest absolute Gasteiger partial charge is 0.415 e. The fraction of sp³-hybridized carbons (Fsp3) is 0.400. The zero-order valence-electron chi connectivity index (χ0n) is 8.56. The summed E-state index contributed by atoms with van der Waals surface area (Å²) in [6, 6.07) is 3.58. The summed E-state index contributed by atoms with van der Waals surface area (Å²) in [6.45, 7) is -0.722. The topological polar surface area (TPSA) is 32.3 Å². The first-order valence-electron chi connectivity index (χ1n) is 4.70. The van der Waals surface area contributed by atoms with Crippen LogP contribution in [0.4, 0.5) is 17.6 Å². The van der Waals surface area contributed by atoms with Gasteiger partial charge in [-0.3, -0.25) is 0 Å². The molecule has 0 aliphatic heterocycles. The first kappa shape index (κ1) is 14.2. The smallest absolute Gasteiger partial charge is 0.382 e. The van der Waals surface area contributed by atoms with Crippen molar-refractivity contribution < 1.29 is 22.7 Å². The number of aliphatic hydroxyl groups is 1. The number of benzene rings is 1. The third-order valence-electron chi connectivity index (χ3n) is 2.04. The Hall–Kier alpha value is -0.850. The summed E-state index contributed by atoms with van der Waals surface area (Å²) in [4.78, 5) is 0. The number of halogens is 5. The van der Waals surface area contributed by atoms with Crippen LogP contribution >= 0.6 is 11.6 Å². The van der Waals surface area contributed by atoms with Crippen molar-refractivity contribution in [2.75, 3.05) is 6.54 Å². The molecule has 96 valence electrons. The molecule has 1 unspecified atom stereocenters. The average Bonchev–Trinajstić information content (AvgIpc) is 2.21. The molecule has 0 aliphatic carbocycles. The van der Waals surface area contributed by atoms with E-state index in [9.17, 15) is 17.6 Å². The van der Waals surface area contributed by atoms with Crippen molar-refractivity contribution in [3.05, 3.63) is 34.6 Å². The maximum atomic E-state index is 12.8. The lowest BCUT2D eigenvalue weighted by atomic mass is 10.2. The molecule has 17 heavy (non-hydrogen) atoms. The third-order valence-corrected chi connectivity index (χ3v) is 2.41. The molecule has 7 heteroatoms. The fourth-order valence-corrected chi connectivity index (χ4v) is 1.32. The van der Waals surface area contributed by atoms with E-state index in [4.69, 9.17) is 16.7 Å². The lowest BCUT2D eigenvalue weighted by Gasteiger charge is -2.15. The Balaban J connectivity index is 2.49. The standard InChI is InChI=1S/C10H10ClF4NO/c11-8-2-1-7(12)3-6(8)4-16-5-9(17)10(13,14)15/h1-3,9,16-17H,4-5H2. The van der Waals surface area contributed by atoms with Crippen molar-refractivity contribution in [1.29, 1.82) is 0 Å². The van der Waals surface area contributed by atoms with Crippen LogP contribution in [0.15, 0.2) is 18.2 Å². The molecule has 2 N–H and O–H groups in total. The van der Waals surface area contributed by atoms with E-state index < -0.39 is 24.6 Å². The molecule has 0 aliphatic rings. The Kier molecular flexibility index (Phi) is 4.73. The number of nitrogens with one attached hydrogen (secondary N) is 1. The van der Waals surface area contributed by atoms with Gasteiger partial charge in [-0.05, 0) is 23.8 Å². The Morgan fingerprint density at radius 3 is 2.59 bits per heavy atom. The fourth-order valence-electron chi connectivity index (χ4n) is 1.14. The average molecular weight is 272 g/mol. The number of rotatable bonds is 4. The summed E-state index contributed by atoms with van der Waals surface area (Å²) < 4.78 is 48.6. The predicted molar refractivity (Wildman–Crippen MR) is 55.2 cm³/mol. The molecule has 0 fully saturated rings. The highest BCUT2D eigenvalue weighted by molar-refractivity contribution is 6.31. The van der Waals surface area contributed by atoms with E-state index in [2.05, 4.69) is 5.32 Å². The Labute approximate surface area is 100 Å². The van der Waals surface area contributed by atoms with Gasteiger partial charge in [0.1, 0.15) is 5.82 Å². The number of alkyl halides is 3. The lowest BCUT2D eigenvalue weighted by molar-refractivity contribution is -0.201. The summed E-state index contributed by atoms with van der Waals surface area (Å²) in [5.74, 6) is -0.525. The van der Waals surface area contributed by atoms with Gasteiger partial charge in [0.2, 0.25) is 0 Å². The molecule has 0 aromatic heterocycles. The number of hydrogen-bond donors (Lipinski definition) is 2. The molecule has 0 amide bonds. The second kappa shape index (κ2) is 5.66. The van der Waals surface area contributed by atoms with Gasteiger partial charge in [-0.2, -0.15) is 13.2 Å². The van der Waals surface area contributed by atoms with E-state index in [-0.39, 0.29) is 11.6 Å². The minimum atomic E-state index is -4.67. The molecule has 0 heterocycles. The number of aliphatic hydroxyl groups excluding tert-OH is 1. The van der Waals surface area contributed by atoms with Gasteiger partial charge in [-0.1, -0.05) is 11.6 Å². The van der Waals surface area contributed by atoms with Crippen LogP contribution < -0.4 is 5.32 Å². The van der Waals surface area contributed by atoms with Crippen molar-refractivity contribution in [2.45, 2.75) is 18.8 Å². The quantitative estimate of drug-likeness (QED) is 0.825. The van der Waals surface area contributed by atoms with E-state index in [1.807, 2.05) is 0 Å². The van der Waals surface area contributed by atoms with Crippen LogP contribution in [0.25, 0.3) is 0 Å². The van der Waals surface area contributed by atoms with E-state index in [0.29, 0.717) is 5.56 Å². The normalized spacial score (nSPS) is 13.8. The Bertz CT molecular complexity index is 383. The molecular formula is C10H10ClF4NO. The van der Waals surface area contributed by atoms with Gasteiger partial charge >= 0.3 is 6.18 Å². The van der Waals surface area contributed by atoms with Crippen LogP contribution in [0, 0.1) is 5.82 Å². The van der Waals surface area contributed by atoms with Crippen molar-refractivity contribution in [3.8, 4) is 0 Å². The maximum Gasteiger partial charge on any atom is 0.415 e. The first-order chi connectivity index (χ1) is 7.80. The molecule has 0 saturated heterocycles. The molecule has 0 radical (unpaired) electrons. The van der Waals surface area contributed by atoms with Crippen molar-refractivity contribution in [3.63, 3.8) is 0 Å². The zero-order chi connectivity index (χ0) is 13.1. The minimum Gasteiger partial charge on any atom is -0.382 e. The number of hydrogen-bond acceptors (Lipinski definition) is 2. The van der Waals surface area contributed by atoms with Gasteiger partial charge in [-0.15, -0.1) is 0 Å². The van der Waals surface area contributed by atoms with Gasteiger partial charge in [0.15, 0.2) is 6.10 Å². The van der Waals surface area contributed by atoms with Gasteiger partial charge in [0, 0.05) is 18.1 Å². The molecular weight excluding hydrogens is 262 g/mol. The SMILES string of the molecule is OC(CNCc1cc(F)ccc1Cl)C(F)(F)F. The summed E-state index contributed by atoms with van der Waals surface area (Å²) in [7, 11) is 0. The van der Waals surface area contributed by atoms with E-state index in [0.717, 1.165) is 12.1 Å². The second-order valence-corrected chi connectivity index (χ2v) is 3.83. The monoisotopic (exact) mass is 271 g/mol. The first-order valence-corrected chi connectivity index (χ1v) is 5.08. The van der Waals surface area contributed by atoms with Crippen LogP contribution in [0.5, 0.6) is 0 Å². The molecule has 0 spiro atoms. The van der Waals surface area contributed by atoms with Crippen LogP contribution in [-0.2, 0) is 6.54 Å². The maximum absolute atomic E-state index is 12.8. The van der Waals surface area contributed by atoms with Gasteiger partial charge in [-0.25, -0.2) is 4.39 Å². The van der Waals surface area contributed by atoms with Crippen molar-refractivity contribution in [2.24, 2.45) is 0 Å². The molecule has 2 nitrogen and oxygen atoms in total. The van der Waals surface area contributed by atoms with Gasteiger partial charge in [0.05, 0.1) is 0 Å². The molecule has 0 saturated carbocycles. The molecule has 1 atom stereocenters. The third kappa shape index (κ3) is 4.49. The Morgan fingerprint density at radius 2 is 2.00 bits per heavy atom. The van der Waals surface area contributed by atoms with E-state index in [1.54, 1.807) is 0 Å². The zero-order valence-corrected chi connectivity index (χ0v) is 9.32. The Morgan fingerprint density at radius 1 is 1.35 bits per heavy atom. The summed E-state index contributed by atoms with van der Waals surface area (Å²) >= 11 is 5.71. The van der Waals surface area contributed by atoms with Crippen LogP contribution in [-0.4, -0.2) is 23.9 Å². The van der Waals surface area contributed by atoms with Crippen LogP contribution in [0.2, 0.25) is 5.02 Å². The second-order valence-electron chi connectivity index (χ2n) is 3.42. The lowest BCUT2D eigenvalue weighted by Crippen LogP contribution is -2.38. The minimum absolute atomic E-state index is 0.0519. The van der Waals surface area contributed by atoms with E-state index >= 15 is 0 Å². The van der Waals surface area contributed by atoms with Crippen LogP contribution in [0.1, 0.15) is 5.56 Å². The predicted octanol–water partition coefficient (Wildman–Crippen LogP) is 2.49. The van der Waals surface area contributed by atoms with Crippen molar-refractivity contribution in [1.82, 2.24) is 5.32 Å². The van der Waals surface area contributed by atoms with Gasteiger partial charge < -0.3 is 10.4 Å². The highest BCUT2D eigenvalue weighted by atomic mass is 35.5.